The average Bonchev–Trinajstić information content (AvgIpc) is 3.21. The summed E-state index contributed by atoms with van der Waals surface area (Å²) in [6, 6.07) is 9.22. The van der Waals surface area contributed by atoms with Gasteiger partial charge in [0, 0.05) is 51.9 Å². The molecule has 3 rings (SSSR count). The van der Waals surface area contributed by atoms with Crippen LogP contribution in [0.4, 0.5) is 0 Å². The Bertz CT molecular complexity index is 695. The van der Waals surface area contributed by atoms with Crippen LogP contribution in [0.1, 0.15) is 29.1 Å². The number of nitrogens with one attached hydrogen (secondary N) is 1. The minimum atomic E-state index is -0.245. The molecule has 1 fully saturated rings. The number of hydrogen-bond donors (Lipinski definition) is 1. The van der Waals surface area contributed by atoms with Crippen molar-refractivity contribution >= 4 is 11.8 Å². The number of hydrogen-bond acceptors (Lipinski definition) is 5. The summed E-state index contributed by atoms with van der Waals surface area (Å²) in [5, 5.41) is 2.76. The summed E-state index contributed by atoms with van der Waals surface area (Å²) >= 11 is 0. The molecule has 2 aromatic heterocycles. The van der Waals surface area contributed by atoms with Crippen LogP contribution in [0.15, 0.2) is 47.2 Å². The van der Waals surface area contributed by atoms with Gasteiger partial charge in [-0.15, -0.1) is 0 Å². The van der Waals surface area contributed by atoms with E-state index < -0.39 is 0 Å². The van der Waals surface area contributed by atoms with Gasteiger partial charge in [-0.1, -0.05) is 6.07 Å². The largest absolute Gasteiger partial charge is 0.459 e. The van der Waals surface area contributed by atoms with Crippen molar-refractivity contribution in [1.82, 2.24) is 20.1 Å². The normalized spacial score (nSPS) is 15.0. The zero-order valence-corrected chi connectivity index (χ0v) is 14.8. The van der Waals surface area contributed by atoms with Crippen LogP contribution in [0.2, 0.25) is 0 Å². The molecule has 7 nitrogen and oxygen atoms in total. The third-order valence-electron chi connectivity index (χ3n) is 4.43. The summed E-state index contributed by atoms with van der Waals surface area (Å²) in [4.78, 5) is 32.6. The Morgan fingerprint density at radius 1 is 1.12 bits per heavy atom. The molecule has 1 saturated heterocycles. The lowest BCUT2D eigenvalue weighted by molar-refractivity contribution is -0.133. The molecule has 0 bridgehead atoms. The molecule has 2 amide bonds. The molecule has 26 heavy (non-hydrogen) atoms. The number of pyridine rings is 1. The Labute approximate surface area is 153 Å². The van der Waals surface area contributed by atoms with Crippen molar-refractivity contribution in [2.75, 3.05) is 32.7 Å². The third-order valence-corrected chi connectivity index (χ3v) is 4.43. The van der Waals surface area contributed by atoms with E-state index in [1.165, 1.54) is 6.26 Å². The first-order valence-corrected chi connectivity index (χ1v) is 8.94. The van der Waals surface area contributed by atoms with Crippen LogP contribution >= 0.6 is 0 Å². The standard InChI is InChI=1S/C19H24N4O3/c24-18(7-3-9-21-19(25)17-6-4-14-26-17)23-12-10-22(11-13-23)15-16-5-1-2-8-20-16/h1-2,4-6,8,14H,3,7,9-13,15H2,(H,21,25). The zero-order chi connectivity index (χ0) is 18.2. The summed E-state index contributed by atoms with van der Waals surface area (Å²) in [6.07, 6.45) is 4.34. The van der Waals surface area contributed by atoms with E-state index in [1.54, 1.807) is 18.3 Å². The molecule has 7 heteroatoms. The predicted molar refractivity (Wildman–Crippen MR) is 96.4 cm³/mol. The first kappa shape index (κ1) is 18.1. The molecule has 0 aliphatic carbocycles. The smallest absolute Gasteiger partial charge is 0.286 e. The third kappa shape index (κ3) is 5.16. The number of nitrogens with zero attached hydrogens (tertiary/aromatic N) is 3. The molecule has 0 aromatic carbocycles. The van der Waals surface area contributed by atoms with E-state index in [9.17, 15) is 9.59 Å². The van der Waals surface area contributed by atoms with Gasteiger partial charge in [0.1, 0.15) is 0 Å². The van der Waals surface area contributed by atoms with Gasteiger partial charge in [-0.05, 0) is 30.7 Å². The molecule has 0 radical (unpaired) electrons. The summed E-state index contributed by atoms with van der Waals surface area (Å²) in [5.41, 5.74) is 1.06. The number of carbonyl (C=O) groups is 2. The van der Waals surface area contributed by atoms with E-state index in [1.807, 2.05) is 23.1 Å². The summed E-state index contributed by atoms with van der Waals surface area (Å²) in [6.45, 7) is 4.48. The van der Waals surface area contributed by atoms with Crippen molar-refractivity contribution in [3.05, 3.63) is 54.2 Å². The van der Waals surface area contributed by atoms with E-state index in [0.717, 1.165) is 38.4 Å². The molecule has 138 valence electrons. The van der Waals surface area contributed by atoms with Crippen LogP contribution in [0.25, 0.3) is 0 Å². The monoisotopic (exact) mass is 356 g/mol. The molecule has 1 N–H and O–H groups in total. The van der Waals surface area contributed by atoms with Crippen LogP contribution in [-0.2, 0) is 11.3 Å². The second-order valence-electron chi connectivity index (χ2n) is 6.31. The Kier molecular flexibility index (Phi) is 6.38. The lowest BCUT2D eigenvalue weighted by Crippen LogP contribution is -2.48. The van der Waals surface area contributed by atoms with Crippen molar-refractivity contribution in [3.8, 4) is 0 Å². The molecular formula is C19H24N4O3. The fourth-order valence-corrected chi connectivity index (χ4v) is 2.97. The van der Waals surface area contributed by atoms with Crippen molar-refractivity contribution in [3.63, 3.8) is 0 Å². The summed E-state index contributed by atoms with van der Waals surface area (Å²) < 4.78 is 5.02. The Morgan fingerprint density at radius 2 is 1.96 bits per heavy atom. The fraction of sp³-hybridized carbons (Fsp3) is 0.421. The Morgan fingerprint density at radius 3 is 2.65 bits per heavy atom. The van der Waals surface area contributed by atoms with Crippen LogP contribution in [0.5, 0.6) is 0 Å². The molecule has 0 unspecified atom stereocenters. The molecular weight excluding hydrogens is 332 g/mol. The van der Waals surface area contributed by atoms with Crippen molar-refractivity contribution < 1.29 is 14.0 Å². The van der Waals surface area contributed by atoms with Crippen LogP contribution in [0, 0.1) is 0 Å². The van der Waals surface area contributed by atoms with Gasteiger partial charge in [-0.3, -0.25) is 19.5 Å². The minimum absolute atomic E-state index is 0.148. The van der Waals surface area contributed by atoms with Gasteiger partial charge in [-0.25, -0.2) is 0 Å². The van der Waals surface area contributed by atoms with Gasteiger partial charge in [0.15, 0.2) is 5.76 Å². The maximum atomic E-state index is 12.3. The van der Waals surface area contributed by atoms with E-state index in [0.29, 0.717) is 25.1 Å². The molecule has 0 atom stereocenters. The van der Waals surface area contributed by atoms with E-state index in [2.05, 4.69) is 15.2 Å². The molecule has 3 heterocycles. The molecule has 2 aromatic rings. The number of aromatic nitrogens is 1. The summed E-state index contributed by atoms with van der Waals surface area (Å²) in [7, 11) is 0. The van der Waals surface area contributed by atoms with Gasteiger partial charge in [0.2, 0.25) is 5.91 Å². The highest BCUT2D eigenvalue weighted by Gasteiger charge is 2.21. The van der Waals surface area contributed by atoms with E-state index in [4.69, 9.17) is 4.42 Å². The molecule has 1 aliphatic heterocycles. The fourth-order valence-electron chi connectivity index (χ4n) is 2.97. The molecule has 0 spiro atoms. The Balaban J connectivity index is 1.31. The van der Waals surface area contributed by atoms with Crippen molar-refractivity contribution in [2.24, 2.45) is 0 Å². The van der Waals surface area contributed by atoms with Crippen LogP contribution < -0.4 is 5.32 Å². The lowest BCUT2D eigenvalue weighted by Gasteiger charge is -2.34. The van der Waals surface area contributed by atoms with Gasteiger partial charge >= 0.3 is 0 Å². The number of carbonyl (C=O) groups excluding carboxylic acids is 2. The lowest BCUT2D eigenvalue weighted by atomic mass is 10.2. The van der Waals surface area contributed by atoms with Crippen LogP contribution in [0.3, 0.4) is 0 Å². The maximum Gasteiger partial charge on any atom is 0.286 e. The summed E-state index contributed by atoms with van der Waals surface area (Å²) in [5.74, 6) is 0.195. The zero-order valence-electron chi connectivity index (χ0n) is 14.8. The Hall–Kier alpha value is -2.67. The predicted octanol–water partition coefficient (Wildman–Crippen LogP) is 1.53. The topological polar surface area (TPSA) is 78.7 Å². The highest BCUT2D eigenvalue weighted by atomic mass is 16.3. The maximum absolute atomic E-state index is 12.3. The SMILES string of the molecule is O=C(NCCCC(=O)N1CCN(Cc2ccccn2)CC1)c1ccco1. The first-order chi connectivity index (χ1) is 12.7. The average molecular weight is 356 g/mol. The second kappa shape index (κ2) is 9.15. The first-order valence-electron chi connectivity index (χ1n) is 8.94. The van der Waals surface area contributed by atoms with Crippen molar-refractivity contribution in [2.45, 2.75) is 19.4 Å². The molecule has 1 aliphatic rings. The van der Waals surface area contributed by atoms with Gasteiger partial charge in [-0.2, -0.15) is 0 Å². The highest BCUT2D eigenvalue weighted by Crippen LogP contribution is 2.08. The number of amides is 2. The van der Waals surface area contributed by atoms with Gasteiger partial charge in [0.05, 0.1) is 12.0 Å². The number of rotatable bonds is 7. The number of piperazine rings is 1. The van der Waals surface area contributed by atoms with Gasteiger partial charge in [0.25, 0.3) is 5.91 Å². The highest BCUT2D eigenvalue weighted by molar-refractivity contribution is 5.91. The van der Waals surface area contributed by atoms with E-state index >= 15 is 0 Å². The van der Waals surface area contributed by atoms with Crippen LogP contribution in [-0.4, -0.2) is 59.3 Å². The van der Waals surface area contributed by atoms with E-state index in [-0.39, 0.29) is 11.8 Å². The second-order valence-corrected chi connectivity index (χ2v) is 6.31. The van der Waals surface area contributed by atoms with Gasteiger partial charge < -0.3 is 14.6 Å². The number of furan rings is 1. The van der Waals surface area contributed by atoms with Crippen molar-refractivity contribution in [1.29, 1.82) is 0 Å². The molecule has 0 saturated carbocycles. The quantitative estimate of drug-likeness (QED) is 0.761. The minimum Gasteiger partial charge on any atom is -0.459 e.